The molecule has 0 spiro atoms. The Morgan fingerprint density at radius 2 is 1.81 bits per heavy atom. The van der Waals surface area contributed by atoms with Crippen molar-refractivity contribution in [2.24, 2.45) is 0 Å². The van der Waals surface area contributed by atoms with Crippen LogP contribution in [-0.2, 0) is 10.0 Å². The number of nitrogens with one attached hydrogen (secondary N) is 1. The average molecular weight is 375 g/mol. The van der Waals surface area contributed by atoms with E-state index in [0.29, 0.717) is 0 Å². The molecule has 0 amide bonds. The fourth-order valence-corrected chi connectivity index (χ4v) is 3.56. The topological polar surface area (TPSA) is 122 Å². The second-order valence-corrected chi connectivity index (χ2v) is 8.13. The molecule has 0 atom stereocenters. The Morgan fingerprint density at radius 3 is 2.38 bits per heavy atom. The SMILES string of the molecule is CC(C)(C)NS(=O)(=O)c1ccc(Oc2ccccc2C#N)c([N+](=O)[O-])c1. The zero-order valence-electron chi connectivity index (χ0n) is 14.4. The minimum atomic E-state index is -3.94. The maximum Gasteiger partial charge on any atom is 0.312 e. The van der Waals surface area contributed by atoms with Gasteiger partial charge in [-0.3, -0.25) is 10.1 Å². The van der Waals surface area contributed by atoms with Gasteiger partial charge in [-0.15, -0.1) is 0 Å². The zero-order valence-corrected chi connectivity index (χ0v) is 15.2. The number of nitriles is 1. The summed E-state index contributed by atoms with van der Waals surface area (Å²) in [6, 6.07) is 11.5. The highest BCUT2D eigenvalue weighted by Crippen LogP contribution is 2.34. The largest absolute Gasteiger partial charge is 0.449 e. The Kier molecular flexibility index (Phi) is 5.30. The molecule has 0 saturated heterocycles. The number of rotatable bonds is 5. The fraction of sp³-hybridized carbons (Fsp3) is 0.235. The van der Waals surface area contributed by atoms with E-state index in [0.717, 1.165) is 6.07 Å². The first-order valence-corrected chi connectivity index (χ1v) is 9.01. The van der Waals surface area contributed by atoms with Crippen LogP contribution in [0.15, 0.2) is 47.4 Å². The van der Waals surface area contributed by atoms with Crippen molar-refractivity contribution in [3.63, 3.8) is 0 Å². The van der Waals surface area contributed by atoms with Gasteiger partial charge < -0.3 is 4.74 Å². The van der Waals surface area contributed by atoms with Crippen LogP contribution in [-0.4, -0.2) is 18.9 Å². The van der Waals surface area contributed by atoms with Crippen molar-refractivity contribution in [2.75, 3.05) is 0 Å². The van der Waals surface area contributed by atoms with Crippen LogP contribution in [0.4, 0.5) is 5.69 Å². The molecule has 8 nitrogen and oxygen atoms in total. The van der Waals surface area contributed by atoms with Crippen LogP contribution in [0.5, 0.6) is 11.5 Å². The van der Waals surface area contributed by atoms with Crippen molar-refractivity contribution in [2.45, 2.75) is 31.2 Å². The van der Waals surface area contributed by atoms with Crippen LogP contribution in [0.1, 0.15) is 26.3 Å². The lowest BCUT2D eigenvalue weighted by Crippen LogP contribution is -2.40. The molecule has 0 aliphatic carbocycles. The molecule has 0 unspecified atom stereocenters. The molecule has 0 fully saturated rings. The van der Waals surface area contributed by atoms with Crippen molar-refractivity contribution in [1.29, 1.82) is 5.26 Å². The van der Waals surface area contributed by atoms with E-state index in [4.69, 9.17) is 10.00 Å². The molecule has 0 radical (unpaired) electrons. The van der Waals surface area contributed by atoms with E-state index in [9.17, 15) is 18.5 Å². The molecule has 26 heavy (non-hydrogen) atoms. The molecule has 0 bridgehead atoms. The molecule has 0 aliphatic heterocycles. The third-order valence-electron chi connectivity index (χ3n) is 3.11. The fourth-order valence-electron chi connectivity index (χ4n) is 2.12. The van der Waals surface area contributed by atoms with Crippen LogP contribution in [0.3, 0.4) is 0 Å². The molecule has 0 aromatic heterocycles. The van der Waals surface area contributed by atoms with Gasteiger partial charge in [0.1, 0.15) is 11.8 Å². The maximum atomic E-state index is 12.4. The Hall–Kier alpha value is -2.96. The summed E-state index contributed by atoms with van der Waals surface area (Å²) < 4.78 is 32.7. The summed E-state index contributed by atoms with van der Waals surface area (Å²) in [5, 5.41) is 20.5. The number of hydrogen-bond donors (Lipinski definition) is 1. The van der Waals surface area contributed by atoms with Crippen molar-refractivity contribution in [1.82, 2.24) is 4.72 Å². The summed E-state index contributed by atoms with van der Waals surface area (Å²) in [6.07, 6.45) is 0. The number of para-hydroxylation sites is 1. The number of ether oxygens (including phenoxy) is 1. The quantitative estimate of drug-likeness (QED) is 0.632. The molecular weight excluding hydrogens is 358 g/mol. The van der Waals surface area contributed by atoms with Crippen LogP contribution in [0.2, 0.25) is 0 Å². The van der Waals surface area contributed by atoms with Gasteiger partial charge in [-0.1, -0.05) is 12.1 Å². The van der Waals surface area contributed by atoms with Crippen LogP contribution < -0.4 is 9.46 Å². The zero-order chi connectivity index (χ0) is 19.5. The third-order valence-corrected chi connectivity index (χ3v) is 4.86. The summed E-state index contributed by atoms with van der Waals surface area (Å²) in [5.74, 6) is -0.0195. The summed E-state index contributed by atoms with van der Waals surface area (Å²) in [5.41, 5.74) is -1.06. The average Bonchev–Trinajstić information content (AvgIpc) is 2.53. The first-order valence-electron chi connectivity index (χ1n) is 7.53. The second kappa shape index (κ2) is 7.11. The summed E-state index contributed by atoms with van der Waals surface area (Å²) >= 11 is 0. The number of benzene rings is 2. The van der Waals surface area contributed by atoms with E-state index < -0.39 is 26.2 Å². The van der Waals surface area contributed by atoms with E-state index in [1.165, 1.54) is 24.3 Å². The lowest BCUT2D eigenvalue weighted by atomic mass is 10.1. The minimum Gasteiger partial charge on any atom is -0.449 e. The van der Waals surface area contributed by atoms with Gasteiger partial charge in [-0.2, -0.15) is 5.26 Å². The normalized spacial score (nSPS) is 11.6. The van der Waals surface area contributed by atoms with Gasteiger partial charge in [0.2, 0.25) is 15.8 Å². The molecule has 0 heterocycles. The monoisotopic (exact) mass is 375 g/mol. The Balaban J connectivity index is 2.48. The van der Waals surface area contributed by atoms with Gasteiger partial charge in [-0.05, 0) is 45.0 Å². The van der Waals surface area contributed by atoms with Crippen molar-refractivity contribution in [3.8, 4) is 17.6 Å². The predicted molar refractivity (Wildman–Crippen MR) is 94.4 cm³/mol. The van der Waals surface area contributed by atoms with Crippen LogP contribution in [0.25, 0.3) is 0 Å². The number of hydrogen-bond acceptors (Lipinski definition) is 6. The van der Waals surface area contributed by atoms with E-state index in [2.05, 4.69) is 4.72 Å². The van der Waals surface area contributed by atoms with Crippen LogP contribution in [0, 0.1) is 21.4 Å². The number of sulfonamides is 1. The number of nitro groups is 1. The number of nitro benzene ring substituents is 1. The van der Waals surface area contributed by atoms with Crippen molar-refractivity contribution >= 4 is 15.7 Å². The second-order valence-electron chi connectivity index (χ2n) is 6.45. The van der Waals surface area contributed by atoms with Gasteiger partial charge in [0.25, 0.3) is 0 Å². The molecule has 2 aromatic carbocycles. The molecule has 1 N–H and O–H groups in total. The highest BCUT2D eigenvalue weighted by atomic mass is 32.2. The van der Waals surface area contributed by atoms with Crippen molar-refractivity contribution < 1.29 is 18.1 Å². The molecular formula is C17H17N3O5S. The van der Waals surface area contributed by atoms with Gasteiger partial charge in [-0.25, -0.2) is 13.1 Å². The lowest BCUT2D eigenvalue weighted by molar-refractivity contribution is -0.385. The summed E-state index contributed by atoms with van der Waals surface area (Å²) in [4.78, 5) is 10.4. The highest BCUT2D eigenvalue weighted by molar-refractivity contribution is 7.89. The van der Waals surface area contributed by atoms with Crippen molar-refractivity contribution in [3.05, 3.63) is 58.1 Å². The summed E-state index contributed by atoms with van der Waals surface area (Å²) in [6.45, 7) is 4.99. The molecule has 0 aliphatic rings. The molecule has 2 rings (SSSR count). The smallest absolute Gasteiger partial charge is 0.312 e. The number of nitrogens with zero attached hydrogens (tertiary/aromatic N) is 2. The van der Waals surface area contributed by atoms with Gasteiger partial charge in [0, 0.05) is 11.6 Å². The Labute approximate surface area is 151 Å². The minimum absolute atomic E-state index is 0.140. The van der Waals surface area contributed by atoms with Gasteiger partial charge in [0.05, 0.1) is 15.4 Å². The van der Waals surface area contributed by atoms with E-state index >= 15 is 0 Å². The summed E-state index contributed by atoms with van der Waals surface area (Å²) in [7, 11) is -3.94. The third kappa shape index (κ3) is 4.56. The first-order chi connectivity index (χ1) is 12.0. The van der Waals surface area contributed by atoms with E-state index in [1.54, 1.807) is 32.9 Å². The first kappa shape index (κ1) is 19.4. The standard InChI is InChI=1S/C17H17N3O5S/c1-17(2,3)19-26(23,24)13-8-9-16(14(10-13)20(21)22)25-15-7-5-4-6-12(15)11-18/h4-10,19H,1-3H3. The molecule has 0 saturated carbocycles. The van der Waals surface area contributed by atoms with Gasteiger partial charge in [0.15, 0.2) is 0 Å². The highest BCUT2D eigenvalue weighted by Gasteiger charge is 2.26. The Morgan fingerprint density at radius 1 is 1.15 bits per heavy atom. The van der Waals surface area contributed by atoms with E-state index in [1.807, 2.05) is 6.07 Å². The Bertz CT molecular complexity index is 988. The predicted octanol–water partition coefficient (Wildman–Crippen LogP) is 3.34. The molecule has 9 heteroatoms. The maximum absolute atomic E-state index is 12.4. The lowest BCUT2D eigenvalue weighted by Gasteiger charge is -2.20. The van der Waals surface area contributed by atoms with Gasteiger partial charge >= 0.3 is 5.69 Å². The molecule has 136 valence electrons. The van der Waals surface area contributed by atoms with E-state index in [-0.39, 0.29) is 22.0 Å². The van der Waals surface area contributed by atoms with Crippen LogP contribution >= 0.6 is 0 Å². The molecule has 2 aromatic rings.